The van der Waals surface area contributed by atoms with Crippen LogP contribution < -0.4 is 20.3 Å². The number of amides is 4. The lowest BCUT2D eigenvalue weighted by atomic mass is 9.98. The second kappa shape index (κ2) is 10.6. The van der Waals surface area contributed by atoms with Gasteiger partial charge in [0, 0.05) is 47.8 Å². The fourth-order valence-electron chi connectivity index (χ4n) is 5.07. The van der Waals surface area contributed by atoms with E-state index >= 15 is 0 Å². The van der Waals surface area contributed by atoms with Crippen molar-refractivity contribution >= 4 is 35.4 Å². The predicted molar refractivity (Wildman–Crippen MR) is 153 cm³/mol. The summed E-state index contributed by atoms with van der Waals surface area (Å²) in [5.74, 6) is 8.93. The Labute approximate surface area is 236 Å². The Bertz CT molecular complexity index is 1560. The van der Waals surface area contributed by atoms with Crippen molar-refractivity contribution in [2.24, 2.45) is 0 Å². The van der Waals surface area contributed by atoms with Gasteiger partial charge in [-0.1, -0.05) is 36.1 Å². The molecule has 3 aliphatic heterocycles. The van der Waals surface area contributed by atoms with E-state index in [1.807, 2.05) is 60.3 Å². The van der Waals surface area contributed by atoms with Crippen molar-refractivity contribution in [3.05, 3.63) is 77.4 Å². The molecule has 2 fully saturated rings. The van der Waals surface area contributed by atoms with E-state index < -0.39 is 17.5 Å². The van der Waals surface area contributed by atoms with Gasteiger partial charge in [-0.3, -0.25) is 14.9 Å². The normalized spacial score (nSPS) is 20.0. The topological polar surface area (TPSA) is 104 Å². The molecule has 1 unspecified atom stereocenters. The van der Waals surface area contributed by atoms with Crippen LogP contribution in [0.2, 0.25) is 0 Å². The van der Waals surface area contributed by atoms with Gasteiger partial charge in [0.1, 0.15) is 11.6 Å². The van der Waals surface area contributed by atoms with E-state index in [4.69, 9.17) is 9.72 Å². The number of anilines is 1. The molecule has 0 radical (unpaired) electrons. The maximum atomic E-state index is 13.1. The lowest BCUT2D eigenvalue weighted by Crippen LogP contribution is -2.54. The second-order valence-electron chi connectivity index (χ2n) is 9.81. The lowest BCUT2D eigenvalue weighted by molar-refractivity contribution is -0.122. The Kier molecular flexibility index (Phi) is 6.82. The number of urea groups is 1. The first-order valence-corrected chi connectivity index (χ1v) is 14.1. The number of hydrogen-bond acceptors (Lipinski definition) is 7. The average molecular weight is 554 g/mol. The van der Waals surface area contributed by atoms with Crippen molar-refractivity contribution in [2.45, 2.75) is 12.1 Å². The van der Waals surface area contributed by atoms with Gasteiger partial charge in [0.2, 0.25) is 5.54 Å². The SMILES string of the molecule is COc1ccc2c(c1)C(=O)N(CC1(C#Cc3ccc(-c4cccc(N5CCSCC5)n4)cc3)NC(=O)NC1=O)C2. The van der Waals surface area contributed by atoms with Crippen molar-refractivity contribution in [1.29, 1.82) is 0 Å². The molecule has 1 atom stereocenters. The Hall–Kier alpha value is -4.49. The van der Waals surface area contributed by atoms with Gasteiger partial charge in [-0.2, -0.15) is 11.8 Å². The smallest absolute Gasteiger partial charge is 0.323 e. The summed E-state index contributed by atoms with van der Waals surface area (Å²) >= 11 is 1.96. The van der Waals surface area contributed by atoms with E-state index in [1.54, 1.807) is 12.1 Å². The Balaban J connectivity index is 1.22. The fourth-order valence-corrected chi connectivity index (χ4v) is 5.97. The predicted octanol–water partition coefficient (Wildman–Crippen LogP) is 2.90. The first-order valence-electron chi connectivity index (χ1n) is 13.0. The Morgan fingerprint density at radius 2 is 1.85 bits per heavy atom. The van der Waals surface area contributed by atoms with E-state index in [9.17, 15) is 14.4 Å². The summed E-state index contributed by atoms with van der Waals surface area (Å²) in [6.45, 7) is 2.20. The number of imide groups is 1. The summed E-state index contributed by atoms with van der Waals surface area (Å²) in [6, 6.07) is 18.3. The number of benzene rings is 2. The molecule has 2 aromatic carbocycles. The summed E-state index contributed by atoms with van der Waals surface area (Å²) in [5.41, 5.74) is 2.27. The molecule has 0 spiro atoms. The molecule has 6 rings (SSSR count). The van der Waals surface area contributed by atoms with Gasteiger partial charge in [0.15, 0.2) is 0 Å². The Morgan fingerprint density at radius 3 is 2.58 bits per heavy atom. The third-order valence-corrected chi connectivity index (χ3v) is 8.18. The Morgan fingerprint density at radius 1 is 1.05 bits per heavy atom. The molecule has 2 saturated heterocycles. The van der Waals surface area contributed by atoms with E-state index in [1.165, 1.54) is 12.0 Å². The highest BCUT2D eigenvalue weighted by Crippen LogP contribution is 2.29. The van der Waals surface area contributed by atoms with E-state index in [-0.39, 0.29) is 12.5 Å². The lowest BCUT2D eigenvalue weighted by Gasteiger charge is -2.27. The second-order valence-corrected chi connectivity index (χ2v) is 11.0. The highest BCUT2D eigenvalue weighted by atomic mass is 32.2. The number of carbonyl (C=O) groups excluding carboxylic acids is 3. The zero-order chi connectivity index (χ0) is 27.7. The number of carbonyl (C=O) groups is 3. The maximum Gasteiger partial charge on any atom is 0.323 e. The summed E-state index contributed by atoms with van der Waals surface area (Å²) in [5, 5.41) is 4.92. The molecule has 10 heteroatoms. The van der Waals surface area contributed by atoms with E-state index in [0.29, 0.717) is 23.4 Å². The number of fused-ring (bicyclic) bond motifs is 1. The van der Waals surface area contributed by atoms with Crippen molar-refractivity contribution in [2.75, 3.05) is 43.1 Å². The molecule has 1 aromatic heterocycles. The number of thioether (sulfide) groups is 1. The van der Waals surface area contributed by atoms with Crippen molar-refractivity contribution in [3.8, 4) is 28.8 Å². The molecule has 0 saturated carbocycles. The molecule has 0 aliphatic carbocycles. The first kappa shape index (κ1) is 25.8. The number of pyridine rings is 1. The van der Waals surface area contributed by atoms with Gasteiger partial charge < -0.3 is 19.9 Å². The average Bonchev–Trinajstić information content (AvgIpc) is 3.45. The number of rotatable bonds is 5. The quantitative estimate of drug-likeness (QED) is 0.370. The van der Waals surface area contributed by atoms with Crippen LogP contribution in [-0.4, -0.2) is 71.5 Å². The summed E-state index contributed by atoms with van der Waals surface area (Å²) in [4.78, 5) is 46.9. The van der Waals surface area contributed by atoms with Crippen LogP contribution in [0.25, 0.3) is 11.3 Å². The van der Waals surface area contributed by atoms with Crippen LogP contribution in [0.3, 0.4) is 0 Å². The van der Waals surface area contributed by atoms with Crippen LogP contribution >= 0.6 is 11.8 Å². The molecule has 40 heavy (non-hydrogen) atoms. The van der Waals surface area contributed by atoms with Crippen LogP contribution in [0.15, 0.2) is 60.7 Å². The minimum Gasteiger partial charge on any atom is -0.497 e. The van der Waals surface area contributed by atoms with Gasteiger partial charge in [0.05, 0.1) is 19.3 Å². The fraction of sp³-hybridized carbons (Fsp3) is 0.267. The maximum absolute atomic E-state index is 13.1. The van der Waals surface area contributed by atoms with E-state index in [0.717, 1.165) is 47.2 Å². The van der Waals surface area contributed by atoms with Crippen LogP contribution in [0, 0.1) is 11.8 Å². The number of nitrogens with zero attached hydrogens (tertiary/aromatic N) is 3. The molecule has 9 nitrogen and oxygen atoms in total. The third-order valence-electron chi connectivity index (χ3n) is 7.24. The summed E-state index contributed by atoms with van der Waals surface area (Å²) < 4.78 is 5.24. The molecule has 4 heterocycles. The van der Waals surface area contributed by atoms with Crippen LogP contribution in [0.4, 0.5) is 10.6 Å². The van der Waals surface area contributed by atoms with Gasteiger partial charge in [0.25, 0.3) is 11.8 Å². The van der Waals surface area contributed by atoms with Gasteiger partial charge >= 0.3 is 6.03 Å². The number of ether oxygens (including phenoxy) is 1. The number of nitrogens with one attached hydrogen (secondary N) is 2. The largest absolute Gasteiger partial charge is 0.497 e. The van der Waals surface area contributed by atoms with Crippen LogP contribution in [0.5, 0.6) is 5.75 Å². The first-order chi connectivity index (χ1) is 19.4. The molecule has 0 bridgehead atoms. The zero-order valence-corrected chi connectivity index (χ0v) is 22.7. The van der Waals surface area contributed by atoms with Gasteiger partial charge in [-0.25, -0.2) is 9.78 Å². The highest BCUT2D eigenvalue weighted by molar-refractivity contribution is 7.99. The van der Waals surface area contributed by atoms with Crippen LogP contribution in [0.1, 0.15) is 21.5 Å². The van der Waals surface area contributed by atoms with E-state index in [2.05, 4.69) is 27.4 Å². The minimum absolute atomic E-state index is 0.0861. The highest BCUT2D eigenvalue weighted by Gasteiger charge is 2.48. The van der Waals surface area contributed by atoms with Gasteiger partial charge in [-0.05, 0) is 42.0 Å². The van der Waals surface area contributed by atoms with Crippen LogP contribution in [-0.2, 0) is 11.3 Å². The minimum atomic E-state index is -1.57. The number of aromatic nitrogens is 1. The number of hydrogen-bond donors (Lipinski definition) is 2. The molecule has 3 aliphatic rings. The zero-order valence-electron chi connectivity index (χ0n) is 21.9. The molecular formula is C30H27N5O4S. The monoisotopic (exact) mass is 553 g/mol. The van der Waals surface area contributed by atoms with Crippen molar-refractivity contribution < 1.29 is 19.1 Å². The van der Waals surface area contributed by atoms with Crippen molar-refractivity contribution in [3.63, 3.8) is 0 Å². The molecule has 4 amide bonds. The third kappa shape index (κ3) is 4.96. The molecular weight excluding hydrogens is 526 g/mol. The van der Waals surface area contributed by atoms with Gasteiger partial charge in [-0.15, -0.1) is 0 Å². The summed E-state index contributed by atoms with van der Waals surface area (Å²) in [6.07, 6.45) is 0. The number of methoxy groups -OCH3 is 1. The molecule has 202 valence electrons. The molecule has 2 N–H and O–H groups in total. The standard InChI is InChI=1S/C30H27N5O4S/c1-39-23-10-9-22-18-35(27(36)24(22)17-23)19-30(28(37)32-29(38)33-30)12-11-20-5-7-21(8-6-20)25-3-2-4-26(31-25)34-13-15-40-16-14-34/h2-10,17H,13-16,18-19H2,1H3,(H2,32,33,37,38). The van der Waals surface area contributed by atoms with Crippen molar-refractivity contribution in [1.82, 2.24) is 20.5 Å². The summed E-state index contributed by atoms with van der Waals surface area (Å²) in [7, 11) is 1.54. The molecule has 3 aromatic rings.